The summed E-state index contributed by atoms with van der Waals surface area (Å²) < 4.78 is 9.95. The van der Waals surface area contributed by atoms with Crippen molar-refractivity contribution in [1.29, 1.82) is 0 Å². The lowest BCUT2D eigenvalue weighted by molar-refractivity contribution is 0.284. The van der Waals surface area contributed by atoms with Crippen LogP contribution in [0, 0.1) is 5.92 Å². The molecule has 0 N–H and O–H groups in total. The van der Waals surface area contributed by atoms with Crippen molar-refractivity contribution in [3.63, 3.8) is 0 Å². The summed E-state index contributed by atoms with van der Waals surface area (Å²) in [6.07, 6.45) is 5.37. The van der Waals surface area contributed by atoms with Gasteiger partial charge in [0.25, 0.3) is 5.56 Å². The average molecular weight is 510 g/mol. The number of thioether (sulfide) groups is 1. The molecule has 0 radical (unpaired) electrons. The molecule has 0 saturated carbocycles. The van der Waals surface area contributed by atoms with Crippen molar-refractivity contribution < 1.29 is 4.74 Å². The van der Waals surface area contributed by atoms with Crippen LogP contribution in [0.3, 0.4) is 0 Å². The van der Waals surface area contributed by atoms with Gasteiger partial charge in [-0.1, -0.05) is 44.7 Å². The molecule has 0 atom stereocenters. The molecule has 184 valence electrons. The molecule has 0 bridgehead atoms. The molecule has 1 aliphatic carbocycles. The van der Waals surface area contributed by atoms with Crippen molar-refractivity contribution in [3.8, 4) is 5.75 Å². The number of ether oxygens (including phenoxy) is 1. The summed E-state index contributed by atoms with van der Waals surface area (Å²) in [5.74, 6) is 2.64. The van der Waals surface area contributed by atoms with Crippen LogP contribution < -0.4 is 10.3 Å². The smallest absolute Gasteiger partial charge is 0.259 e. The van der Waals surface area contributed by atoms with Gasteiger partial charge >= 0.3 is 0 Å². The Bertz CT molecular complexity index is 1370. The van der Waals surface area contributed by atoms with E-state index in [9.17, 15) is 4.79 Å². The van der Waals surface area contributed by atoms with E-state index >= 15 is 0 Å². The molecular weight excluding hydrogens is 478 g/mol. The summed E-state index contributed by atoms with van der Waals surface area (Å²) in [5, 5.41) is 9.70. The molecule has 5 rings (SSSR count). The molecule has 3 heterocycles. The van der Waals surface area contributed by atoms with Gasteiger partial charge in [-0.15, -0.1) is 21.5 Å². The van der Waals surface area contributed by atoms with Crippen LogP contribution in [-0.2, 0) is 38.2 Å². The third-order valence-electron chi connectivity index (χ3n) is 6.20. The summed E-state index contributed by atoms with van der Waals surface area (Å²) >= 11 is 3.23. The Labute approximate surface area is 213 Å². The van der Waals surface area contributed by atoms with Gasteiger partial charge in [0.05, 0.1) is 5.69 Å². The van der Waals surface area contributed by atoms with E-state index in [2.05, 4.69) is 47.7 Å². The standard InChI is InChI=1S/C26H31N5O2S2/c1-4-18-9-11-20(12-10-18)33-15-23-28-29-26(30(23)14-17(2)3)34-16-19-13-24(32)31-21-7-5-6-8-22(21)35-25(31)27-19/h9-13,17H,4-8,14-16H2,1-3H3. The monoisotopic (exact) mass is 509 g/mol. The predicted molar refractivity (Wildman–Crippen MR) is 141 cm³/mol. The Morgan fingerprint density at radius 1 is 1.14 bits per heavy atom. The lowest BCUT2D eigenvalue weighted by Crippen LogP contribution is -2.17. The molecule has 7 nitrogen and oxygen atoms in total. The van der Waals surface area contributed by atoms with E-state index in [0.29, 0.717) is 18.3 Å². The summed E-state index contributed by atoms with van der Waals surface area (Å²) in [5.41, 5.74) is 3.26. The van der Waals surface area contributed by atoms with Crippen LogP contribution in [0.2, 0.25) is 0 Å². The van der Waals surface area contributed by atoms with Crippen molar-refractivity contribution in [1.82, 2.24) is 24.1 Å². The summed E-state index contributed by atoms with van der Waals surface area (Å²) in [4.78, 5) is 19.8. The SMILES string of the molecule is CCc1ccc(OCc2nnc(SCc3cc(=O)n4c5c(sc4n3)CCCC5)n2CC(C)C)cc1. The third kappa shape index (κ3) is 5.30. The van der Waals surface area contributed by atoms with E-state index < -0.39 is 0 Å². The van der Waals surface area contributed by atoms with Gasteiger partial charge in [0.1, 0.15) is 12.4 Å². The highest BCUT2D eigenvalue weighted by atomic mass is 32.2. The van der Waals surface area contributed by atoms with Crippen LogP contribution in [-0.4, -0.2) is 24.1 Å². The first-order valence-electron chi connectivity index (χ1n) is 12.3. The highest BCUT2D eigenvalue weighted by molar-refractivity contribution is 7.98. The van der Waals surface area contributed by atoms with Crippen molar-refractivity contribution in [2.75, 3.05) is 0 Å². The molecule has 0 unspecified atom stereocenters. The van der Waals surface area contributed by atoms with Gasteiger partial charge in [0.15, 0.2) is 15.9 Å². The molecular formula is C26H31N5O2S2. The van der Waals surface area contributed by atoms with Gasteiger partial charge in [-0.05, 0) is 55.7 Å². The normalized spacial score (nSPS) is 13.5. The van der Waals surface area contributed by atoms with E-state index in [1.807, 2.05) is 16.5 Å². The van der Waals surface area contributed by atoms with Gasteiger partial charge < -0.3 is 9.30 Å². The number of aryl methyl sites for hydroxylation is 3. The highest BCUT2D eigenvalue weighted by Gasteiger charge is 2.19. The van der Waals surface area contributed by atoms with E-state index in [0.717, 1.165) is 59.6 Å². The van der Waals surface area contributed by atoms with E-state index in [1.165, 1.54) is 22.6 Å². The largest absolute Gasteiger partial charge is 0.486 e. The maximum atomic E-state index is 12.9. The molecule has 0 fully saturated rings. The Morgan fingerprint density at radius 2 is 1.94 bits per heavy atom. The zero-order chi connectivity index (χ0) is 24.4. The lowest BCUT2D eigenvalue weighted by atomic mass is 10.0. The summed E-state index contributed by atoms with van der Waals surface area (Å²) in [7, 11) is 0. The average Bonchev–Trinajstić information content (AvgIpc) is 3.42. The quantitative estimate of drug-likeness (QED) is 0.285. The summed E-state index contributed by atoms with van der Waals surface area (Å²) in [6.45, 7) is 7.66. The molecule has 3 aromatic heterocycles. The Balaban J connectivity index is 1.32. The Hall–Kier alpha value is -2.65. The zero-order valence-electron chi connectivity index (χ0n) is 20.5. The fourth-order valence-electron chi connectivity index (χ4n) is 4.40. The molecule has 1 aromatic carbocycles. The first-order valence-corrected chi connectivity index (χ1v) is 14.1. The number of nitrogens with zero attached hydrogens (tertiary/aromatic N) is 5. The minimum atomic E-state index is 0.0248. The van der Waals surface area contributed by atoms with Crippen molar-refractivity contribution >= 4 is 28.1 Å². The maximum Gasteiger partial charge on any atom is 0.259 e. The van der Waals surface area contributed by atoms with Crippen LogP contribution in [0.15, 0.2) is 40.3 Å². The van der Waals surface area contributed by atoms with Crippen molar-refractivity contribution in [2.45, 2.75) is 76.9 Å². The van der Waals surface area contributed by atoms with Gasteiger partial charge in [-0.25, -0.2) is 4.98 Å². The number of thiazole rings is 1. The number of rotatable bonds is 9. The highest BCUT2D eigenvalue weighted by Crippen LogP contribution is 2.29. The summed E-state index contributed by atoms with van der Waals surface area (Å²) in [6, 6.07) is 9.85. The molecule has 1 aliphatic rings. The van der Waals surface area contributed by atoms with E-state index in [-0.39, 0.29) is 5.56 Å². The number of aromatic nitrogens is 5. The van der Waals surface area contributed by atoms with Gasteiger partial charge in [0.2, 0.25) is 0 Å². The van der Waals surface area contributed by atoms with Crippen LogP contribution in [0.25, 0.3) is 4.96 Å². The Morgan fingerprint density at radius 3 is 2.71 bits per heavy atom. The van der Waals surface area contributed by atoms with Gasteiger partial charge in [0, 0.05) is 28.9 Å². The molecule has 9 heteroatoms. The number of benzene rings is 1. The van der Waals surface area contributed by atoms with Crippen LogP contribution >= 0.6 is 23.1 Å². The second-order valence-corrected chi connectivity index (χ2v) is 11.4. The molecule has 0 saturated heterocycles. The van der Waals surface area contributed by atoms with Gasteiger partial charge in [-0.2, -0.15) is 0 Å². The number of hydrogen-bond acceptors (Lipinski definition) is 7. The van der Waals surface area contributed by atoms with E-state index in [1.54, 1.807) is 29.2 Å². The predicted octanol–water partition coefficient (Wildman–Crippen LogP) is 5.32. The van der Waals surface area contributed by atoms with Crippen LogP contribution in [0.5, 0.6) is 5.75 Å². The van der Waals surface area contributed by atoms with Crippen molar-refractivity contribution in [3.05, 3.63) is 68.3 Å². The zero-order valence-corrected chi connectivity index (χ0v) is 22.1. The molecule has 0 amide bonds. The molecule has 35 heavy (non-hydrogen) atoms. The van der Waals surface area contributed by atoms with Crippen LogP contribution in [0.4, 0.5) is 0 Å². The third-order valence-corrected chi connectivity index (χ3v) is 8.35. The lowest BCUT2D eigenvalue weighted by Gasteiger charge is -2.13. The topological polar surface area (TPSA) is 74.3 Å². The fraction of sp³-hybridized carbons (Fsp3) is 0.462. The number of fused-ring (bicyclic) bond motifs is 3. The molecule has 4 aromatic rings. The first-order chi connectivity index (χ1) is 17.0. The molecule has 0 aliphatic heterocycles. The van der Waals surface area contributed by atoms with Crippen LogP contribution in [0.1, 0.15) is 61.3 Å². The molecule has 0 spiro atoms. The van der Waals surface area contributed by atoms with Gasteiger partial charge in [-0.3, -0.25) is 9.20 Å². The van der Waals surface area contributed by atoms with Crippen molar-refractivity contribution in [2.24, 2.45) is 5.92 Å². The Kier molecular flexibility index (Phi) is 7.24. The second kappa shape index (κ2) is 10.5. The van der Waals surface area contributed by atoms with E-state index in [4.69, 9.17) is 9.72 Å². The number of hydrogen-bond donors (Lipinski definition) is 0. The fourth-order valence-corrected chi connectivity index (χ4v) is 6.50. The minimum Gasteiger partial charge on any atom is -0.486 e. The first kappa shape index (κ1) is 24.1. The maximum absolute atomic E-state index is 12.9. The second-order valence-electron chi connectivity index (χ2n) is 9.36. The minimum absolute atomic E-state index is 0.0248.